The van der Waals surface area contributed by atoms with Crippen molar-refractivity contribution in [3.63, 3.8) is 0 Å². The number of methoxy groups -OCH3 is 3. The van der Waals surface area contributed by atoms with Gasteiger partial charge in [-0.15, -0.1) is 5.10 Å². The summed E-state index contributed by atoms with van der Waals surface area (Å²) in [6.07, 6.45) is 3.28. The number of nitrogens with one attached hydrogen (secondary N) is 1. The van der Waals surface area contributed by atoms with Crippen LogP contribution < -0.4 is 19.5 Å². The van der Waals surface area contributed by atoms with E-state index in [9.17, 15) is 4.79 Å². The number of hydrogen-bond donors (Lipinski definition) is 1. The SMILES string of the molecule is C=N/N=C(/NC(=O)c1cc(OC)c(OC)c(OC)c1)Sc1ccncc1. The number of benzene rings is 1. The van der Waals surface area contributed by atoms with E-state index in [4.69, 9.17) is 14.2 Å². The van der Waals surface area contributed by atoms with Crippen LogP contribution in [0.2, 0.25) is 0 Å². The maximum atomic E-state index is 12.6. The fourth-order valence-electron chi connectivity index (χ4n) is 2.03. The molecule has 136 valence electrons. The number of rotatable bonds is 6. The third-order valence-electron chi connectivity index (χ3n) is 3.17. The van der Waals surface area contributed by atoms with Gasteiger partial charge in [0.05, 0.1) is 21.3 Å². The highest BCUT2D eigenvalue weighted by Crippen LogP contribution is 2.38. The standard InChI is InChI=1S/C17H18N4O4S/c1-18-21-17(26-12-5-7-19-8-6-12)20-16(22)11-9-13(23-2)15(25-4)14(10-11)24-3/h5-10H,1H2,2-4H3,(H,20,21,22). The minimum Gasteiger partial charge on any atom is -0.493 e. The normalized spacial score (nSPS) is 10.8. The van der Waals surface area contributed by atoms with E-state index in [-0.39, 0.29) is 5.17 Å². The van der Waals surface area contributed by atoms with Crippen LogP contribution in [0.5, 0.6) is 17.2 Å². The van der Waals surface area contributed by atoms with Crippen LogP contribution in [-0.2, 0) is 0 Å². The first-order valence-corrected chi connectivity index (χ1v) is 8.17. The van der Waals surface area contributed by atoms with E-state index >= 15 is 0 Å². The molecular weight excluding hydrogens is 356 g/mol. The van der Waals surface area contributed by atoms with E-state index in [0.29, 0.717) is 22.8 Å². The van der Waals surface area contributed by atoms with Crippen molar-refractivity contribution >= 4 is 29.6 Å². The topological polar surface area (TPSA) is 94.4 Å². The zero-order valence-corrected chi connectivity index (χ0v) is 15.4. The molecule has 0 aliphatic carbocycles. The van der Waals surface area contributed by atoms with Crippen LogP contribution in [0.1, 0.15) is 10.4 Å². The average molecular weight is 374 g/mol. The number of pyridine rings is 1. The largest absolute Gasteiger partial charge is 0.493 e. The van der Waals surface area contributed by atoms with E-state index in [0.717, 1.165) is 4.90 Å². The van der Waals surface area contributed by atoms with Gasteiger partial charge in [0.2, 0.25) is 5.75 Å². The lowest BCUT2D eigenvalue weighted by atomic mass is 10.1. The van der Waals surface area contributed by atoms with Gasteiger partial charge in [-0.25, -0.2) is 0 Å². The number of ether oxygens (including phenoxy) is 3. The number of amidine groups is 1. The van der Waals surface area contributed by atoms with Crippen molar-refractivity contribution in [3.8, 4) is 17.2 Å². The van der Waals surface area contributed by atoms with Crippen LogP contribution in [0.15, 0.2) is 51.8 Å². The van der Waals surface area contributed by atoms with Gasteiger partial charge in [-0.2, -0.15) is 5.10 Å². The van der Waals surface area contributed by atoms with Gasteiger partial charge in [-0.3, -0.25) is 15.1 Å². The highest BCUT2D eigenvalue weighted by Gasteiger charge is 2.18. The molecular formula is C17H18N4O4S. The Balaban J connectivity index is 2.26. The third kappa shape index (κ3) is 4.73. The van der Waals surface area contributed by atoms with E-state index in [1.807, 2.05) is 0 Å². The van der Waals surface area contributed by atoms with E-state index in [1.54, 1.807) is 36.7 Å². The number of aromatic nitrogens is 1. The van der Waals surface area contributed by atoms with Gasteiger partial charge in [-0.1, -0.05) is 0 Å². The van der Waals surface area contributed by atoms with E-state index in [1.165, 1.54) is 33.1 Å². The first kappa shape index (κ1) is 19.3. The Morgan fingerprint density at radius 2 is 1.73 bits per heavy atom. The monoisotopic (exact) mass is 374 g/mol. The Morgan fingerprint density at radius 1 is 1.12 bits per heavy atom. The molecule has 0 atom stereocenters. The molecule has 0 aliphatic heterocycles. The Hall–Kier alpha value is -3.07. The number of hydrogen-bond acceptors (Lipinski definition) is 8. The number of carbonyl (C=O) groups excluding carboxylic acids is 1. The maximum absolute atomic E-state index is 12.6. The molecule has 26 heavy (non-hydrogen) atoms. The van der Waals surface area contributed by atoms with Crippen LogP contribution in [-0.4, -0.2) is 44.1 Å². The number of thioether (sulfide) groups is 1. The molecule has 1 aromatic heterocycles. The van der Waals surface area contributed by atoms with Gasteiger partial charge in [0, 0.05) is 29.6 Å². The molecule has 1 amide bonds. The summed E-state index contributed by atoms with van der Waals surface area (Å²) in [6, 6.07) is 6.67. The zero-order chi connectivity index (χ0) is 18.9. The summed E-state index contributed by atoms with van der Waals surface area (Å²) < 4.78 is 15.8. The molecule has 0 radical (unpaired) electrons. The summed E-state index contributed by atoms with van der Waals surface area (Å²) in [7, 11) is 4.45. The second-order valence-electron chi connectivity index (χ2n) is 4.70. The number of nitrogens with zero attached hydrogens (tertiary/aromatic N) is 3. The van der Waals surface area contributed by atoms with Crippen LogP contribution in [0.3, 0.4) is 0 Å². The second-order valence-corrected chi connectivity index (χ2v) is 5.76. The predicted octanol–water partition coefficient (Wildman–Crippen LogP) is 2.60. The Bertz CT molecular complexity index is 787. The van der Waals surface area contributed by atoms with Crippen LogP contribution in [0.25, 0.3) is 0 Å². The van der Waals surface area contributed by atoms with Crippen LogP contribution >= 0.6 is 11.8 Å². The fourth-order valence-corrected chi connectivity index (χ4v) is 2.76. The second kappa shape index (κ2) is 9.42. The Labute approximate surface area is 155 Å². The third-order valence-corrected chi connectivity index (χ3v) is 4.06. The zero-order valence-electron chi connectivity index (χ0n) is 14.6. The molecule has 0 fully saturated rings. The van der Waals surface area contributed by atoms with Crippen molar-refractivity contribution in [2.24, 2.45) is 10.2 Å². The summed E-state index contributed by atoms with van der Waals surface area (Å²) >= 11 is 1.22. The highest BCUT2D eigenvalue weighted by molar-refractivity contribution is 8.13. The lowest BCUT2D eigenvalue weighted by Crippen LogP contribution is -2.28. The predicted molar refractivity (Wildman–Crippen MR) is 101 cm³/mol. The van der Waals surface area contributed by atoms with Gasteiger partial charge in [0.1, 0.15) is 0 Å². The van der Waals surface area contributed by atoms with Crippen LogP contribution in [0.4, 0.5) is 0 Å². The number of carbonyl (C=O) groups is 1. The number of amides is 1. The quantitative estimate of drug-likeness (QED) is 0.361. The van der Waals surface area contributed by atoms with Crippen molar-refractivity contribution in [3.05, 3.63) is 42.2 Å². The van der Waals surface area contributed by atoms with Gasteiger partial charge >= 0.3 is 0 Å². The highest BCUT2D eigenvalue weighted by atomic mass is 32.2. The lowest BCUT2D eigenvalue weighted by molar-refractivity contribution is 0.0977. The molecule has 1 heterocycles. The van der Waals surface area contributed by atoms with Crippen molar-refractivity contribution < 1.29 is 19.0 Å². The fraction of sp³-hybridized carbons (Fsp3) is 0.176. The molecule has 1 N–H and O–H groups in total. The summed E-state index contributed by atoms with van der Waals surface area (Å²) in [6.45, 7) is 3.33. The van der Waals surface area contributed by atoms with Gasteiger partial charge < -0.3 is 14.2 Å². The molecule has 0 spiro atoms. The van der Waals surface area contributed by atoms with Gasteiger partial charge in [0.25, 0.3) is 5.91 Å². The summed E-state index contributed by atoms with van der Waals surface area (Å²) in [4.78, 5) is 17.4. The first-order chi connectivity index (χ1) is 12.6. The summed E-state index contributed by atoms with van der Waals surface area (Å²) in [5.41, 5.74) is 0.312. The minimum atomic E-state index is -0.409. The van der Waals surface area contributed by atoms with Gasteiger partial charge in [0.15, 0.2) is 16.7 Å². The Morgan fingerprint density at radius 3 is 2.23 bits per heavy atom. The molecule has 0 aliphatic rings. The van der Waals surface area contributed by atoms with Gasteiger partial charge in [-0.05, 0) is 36.0 Å². The van der Waals surface area contributed by atoms with E-state index < -0.39 is 5.91 Å². The lowest BCUT2D eigenvalue weighted by Gasteiger charge is -2.14. The molecule has 0 unspecified atom stereocenters. The smallest absolute Gasteiger partial charge is 0.257 e. The minimum absolute atomic E-state index is 0.268. The average Bonchev–Trinajstić information content (AvgIpc) is 2.67. The molecule has 0 saturated heterocycles. The summed E-state index contributed by atoms with van der Waals surface area (Å²) in [5.74, 6) is 0.741. The Kier molecular flexibility index (Phi) is 6.98. The molecule has 2 rings (SSSR count). The molecule has 9 heteroatoms. The van der Waals surface area contributed by atoms with Crippen molar-refractivity contribution in [1.29, 1.82) is 0 Å². The molecule has 8 nitrogen and oxygen atoms in total. The molecule has 1 aromatic carbocycles. The van der Waals surface area contributed by atoms with Crippen molar-refractivity contribution in [2.45, 2.75) is 4.90 Å². The van der Waals surface area contributed by atoms with E-state index in [2.05, 4.69) is 27.2 Å². The molecule has 0 bridgehead atoms. The molecule has 2 aromatic rings. The first-order valence-electron chi connectivity index (χ1n) is 7.35. The van der Waals surface area contributed by atoms with Crippen molar-refractivity contribution in [2.75, 3.05) is 21.3 Å². The maximum Gasteiger partial charge on any atom is 0.257 e. The van der Waals surface area contributed by atoms with Crippen molar-refractivity contribution in [1.82, 2.24) is 10.3 Å². The van der Waals surface area contributed by atoms with Crippen LogP contribution in [0, 0.1) is 0 Å². The molecule has 0 saturated carbocycles. The summed E-state index contributed by atoms with van der Waals surface area (Å²) in [5, 5.41) is 10.3.